The molecule has 1 aromatic rings. The van der Waals surface area contributed by atoms with Gasteiger partial charge in [-0.1, -0.05) is 31.2 Å². The third-order valence-corrected chi connectivity index (χ3v) is 5.88. The van der Waals surface area contributed by atoms with E-state index in [1.165, 1.54) is 11.1 Å². The summed E-state index contributed by atoms with van der Waals surface area (Å²) >= 11 is 0. The molecule has 1 aromatic carbocycles. The molecule has 2 heterocycles. The molecule has 1 unspecified atom stereocenters. The molecule has 0 radical (unpaired) electrons. The lowest BCUT2D eigenvalue weighted by Gasteiger charge is -2.37. The van der Waals surface area contributed by atoms with E-state index in [1.807, 2.05) is 9.80 Å². The van der Waals surface area contributed by atoms with Gasteiger partial charge in [-0.25, -0.2) is 0 Å². The van der Waals surface area contributed by atoms with Gasteiger partial charge in [-0.05, 0) is 49.1 Å². The number of aryl methyl sites for hydroxylation is 1. The van der Waals surface area contributed by atoms with Gasteiger partial charge in [0.25, 0.3) is 0 Å². The standard InChI is InChI=1S/C21H30N2O2/c1-3-17-6-8-18(9-7-17)19-10-13-22(14-11-19)21(25)20-5-4-12-23(15-20)16(2)24/h6-9,19-20H,3-5,10-15H2,1-2H3. The molecule has 4 nitrogen and oxygen atoms in total. The molecule has 2 aliphatic rings. The third-order valence-electron chi connectivity index (χ3n) is 5.88. The zero-order valence-corrected chi connectivity index (χ0v) is 15.5. The van der Waals surface area contributed by atoms with Gasteiger partial charge in [0.1, 0.15) is 0 Å². The van der Waals surface area contributed by atoms with Crippen LogP contribution in [-0.2, 0) is 16.0 Å². The summed E-state index contributed by atoms with van der Waals surface area (Å²) in [5.41, 5.74) is 2.79. The number of amides is 2. The second-order valence-electron chi connectivity index (χ2n) is 7.50. The van der Waals surface area contributed by atoms with Crippen molar-refractivity contribution in [2.75, 3.05) is 26.2 Å². The number of nitrogens with zero attached hydrogens (tertiary/aromatic N) is 2. The maximum Gasteiger partial charge on any atom is 0.227 e. The molecule has 0 aliphatic carbocycles. The smallest absolute Gasteiger partial charge is 0.227 e. The second kappa shape index (κ2) is 8.03. The first-order valence-corrected chi connectivity index (χ1v) is 9.71. The minimum atomic E-state index is -0.00182. The predicted octanol–water partition coefficient (Wildman–Crippen LogP) is 3.21. The highest BCUT2D eigenvalue weighted by atomic mass is 16.2. The summed E-state index contributed by atoms with van der Waals surface area (Å²) in [6.07, 6.45) is 5.02. The van der Waals surface area contributed by atoms with Crippen LogP contribution < -0.4 is 0 Å². The van der Waals surface area contributed by atoms with Gasteiger partial charge >= 0.3 is 0 Å². The molecule has 0 N–H and O–H groups in total. The number of likely N-dealkylation sites (tertiary alicyclic amines) is 2. The van der Waals surface area contributed by atoms with E-state index in [9.17, 15) is 9.59 Å². The van der Waals surface area contributed by atoms with Crippen molar-refractivity contribution in [2.45, 2.75) is 51.9 Å². The normalized spacial score (nSPS) is 22.1. The molecular formula is C21H30N2O2. The topological polar surface area (TPSA) is 40.6 Å². The Bertz CT molecular complexity index is 603. The molecule has 0 aromatic heterocycles. The van der Waals surface area contributed by atoms with Gasteiger partial charge in [0.2, 0.25) is 11.8 Å². The number of carbonyl (C=O) groups is 2. The Labute approximate surface area is 151 Å². The maximum atomic E-state index is 12.8. The highest BCUT2D eigenvalue weighted by Crippen LogP contribution is 2.30. The van der Waals surface area contributed by atoms with Gasteiger partial charge in [-0.3, -0.25) is 9.59 Å². The molecule has 0 spiro atoms. The largest absolute Gasteiger partial charge is 0.342 e. The number of piperidine rings is 2. The molecule has 1 atom stereocenters. The minimum Gasteiger partial charge on any atom is -0.342 e. The van der Waals surface area contributed by atoms with E-state index >= 15 is 0 Å². The summed E-state index contributed by atoms with van der Waals surface area (Å²) < 4.78 is 0. The summed E-state index contributed by atoms with van der Waals surface area (Å²) in [5, 5.41) is 0. The number of rotatable bonds is 3. The Morgan fingerprint density at radius 3 is 2.28 bits per heavy atom. The Morgan fingerprint density at radius 1 is 1.00 bits per heavy atom. The quantitative estimate of drug-likeness (QED) is 0.846. The van der Waals surface area contributed by atoms with Gasteiger partial charge in [-0.2, -0.15) is 0 Å². The summed E-state index contributed by atoms with van der Waals surface area (Å²) in [4.78, 5) is 28.3. The van der Waals surface area contributed by atoms with Crippen LogP contribution >= 0.6 is 0 Å². The van der Waals surface area contributed by atoms with Crippen LogP contribution in [0.2, 0.25) is 0 Å². The average Bonchev–Trinajstić information content (AvgIpc) is 2.67. The summed E-state index contributed by atoms with van der Waals surface area (Å²) in [6, 6.07) is 8.97. The molecular weight excluding hydrogens is 312 g/mol. The second-order valence-corrected chi connectivity index (χ2v) is 7.50. The number of hydrogen-bond donors (Lipinski definition) is 0. The summed E-state index contributed by atoms with van der Waals surface area (Å²) in [5.74, 6) is 0.908. The molecule has 25 heavy (non-hydrogen) atoms. The molecule has 2 fully saturated rings. The molecule has 2 aliphatic heterocycles. The first-order chi connectivity index (χ1) is 12.1. The Morgan fingerprint density at radius 2 is 1.68 bits per heavy atom. The lowest BCUT2D eigenvalue weighted by atomic mass is 9.87. The van der Waals surface area contributed by atoms with Gasteiger partial charge in [-0.15, -0.1) is 0 Å². The van der Waals surface area contributed by atoms with Gasteiger partial charge < -0.3 is 9.80 Å². The van der Waals surface area contributed by atoms with E-state index in [1.54, 1.807) is 6.92 Å². The molecule has 2 amide bonds. The zero-order chi connectivity index (χ0) is 17.8. The van der Waals surface area contributed by atoms with E-state index in [0.29, 0.717) is 12.5 Å². The number of hydrogen-bond acceptors (Lipinski definition) is 2. The summed E-state index contributed by atoms with van der Waals surface area (Å²) in [6.45, 7) is 6.87. The predicted molar refractivity (Wildman–Crippen MR) is 99.4 cm³/mol. The van der Waals surface area contributed by atoms with Crippen LogP contribution in [0.3, 0.4) is 0 Å². The van der Waals surface area contributed by atoms with Crippen LogP contribution in [0.4, 0.5) is 0 Å². The monoisotopic (exact) mass is 342 g/mol. The number of carbonyl (C=O) groups excluding carboxylic acids is 2. The van der Waals surface area contributed by atoms with Crippen molar-refractivity contribution in [3.63, 3.8) is 0 Å². The van der Waals surface area contributed by atoms with Gasteiger partial charge in [0.05, 0.1) is 5.92 Å². The third kappa shape index (κ3) is 4.23. The van der Waals surface area contributed by atoms with Crippen LogP contribution in [0, 0.1) is 5.92 Å². The highest BCUT2D eigenvalue weighted by molar-refractivity contribution is 5.81. The number of benzene rings is 1. The van der Waals surface area contributed by atoms with Crippen molar-refractivity contribution in [1.29, 1.82) is 0 Å². The fourth-order valence-corrected chi connectivity index (χ4v) is 4.18. The SMILES string of the molecule is CCc1ccc(C2CCN(C(=O)C3CCCN(C(C)=O)C3)CC2)cc1. The highest BCUT2D eigenvalue weighted by Gasteiger charge is 2.32. The van der Waals surface area contributed by atoms with Crippen molar-refractivity contribution in [1.82, 2.24) is 9.80 Å². The first kappa shape index (κ1) is 18.0. The van der Waals surface area contributed by atoms with Crippen LogP contribution in [0.1, 0.15) is 56.6 Å². The lowest BCUT2D eigenvalue weighted by molar-refractivity contribution is -0.141. The van der Waals surface area contributed by atoms with E-state index in [2.05, 4.69) is 31.2 Å². The van der Waals surface area contributed by atoms with Crippen molar-refractivity contribution >= 4 is 11.8 Å². The minimum absolute atomic E-state index is 0.00182. The van der Waals surface area contributed by atoms with Crippen molar-refractivity contribution < 1.29 is 9.59 Å². The molecule has 2 saturated heterocycles. The Kier molecular flexibility index (Phi) is 5.77. The molecule has 0 bridgehead atoms. The average molecular weight is 342 g/mol. The maximum absolute atomic E-state index is 12.8. The van der Waals surface area contributed by atoms with Crippen LogP contribution in [0.25, 0.3) is 0 Å². The lowest BCUT2D eigenvalue weighted by Crippen LogP contribution is -2.48. The first-order valence-electron chi connectivity index (χ1n) is 9.71. The van der Waals surface area contributed by atoms with E-state index in [-0.39, 0.29) is 17.7 Å². The van der Waals surface area contributed by atoms with Crippen LogP contribution in [0.5, 0.6) is 0 Å². The molecule has 3 rings (SSSR count). The van der Waals surface area contributed by atoms with E-state index in [4.69, 9.17) is 0 Å². The van der Waals surface area contributed by atoms with Crippen molar-refractivity contribution in [3.8, 4) is 0 Å². The zero-order valence-electron chi connectivity index (χ0n) is 15.5. The van der Waals surface area contributed by atoms with E-state index < -0.39 is 0 Å². The Balaban J connectivity index is 1.54. The van der Waals surface area contributed by atoms with Crippen LogP contribution in [-0.4, -0.2) is 47.8 Å². The Hall–Kier alpha value is -1.84. The van der Waals surface area contributed by atoms with Crippen molar-refractivity contribution in [3.05, 3.63) is 35.4 Å². The fraction of sp³-hybridized carbons (Fsp3) is 0.619. The van der Waals surface area contributed by atoms with Crippen molar-refractivity contribution in [2.24, 2.45) is 5.92 Å². The molecule has 4 heteroatoms. The molecule has 0 saturated carbocycles. The fourth-order valence-electron chi connectivity index (χ4n) is 4.18. The van der Waals surface area contributed by atoms with Crippen LogP contribution in [0.15, 0.2) is 24.3 Å². The van der Waals surface area contributed by atoms with Gasteiger partial charge in [0.15, 0.2) is 0 Å². The van der Waals surface area contributed by atoms with Gasteiger partial charge in [0, 0.05) is 33.1 Å². The van der Waals surface area contributed by atoms with E-state index in [0.717, 1.165) is 51.7 Å². The summed E-state index contributed by atoms with van der Waals surface area (Å²) in [7, 11) is 0. The molecule has 136 valence electrons.